The van der Waals surface area contributed by atoms with Crippen molar-refractivity contribution >= 4 is 43.8 Å². The van der Waals surface area contributed by atoms with Crippen LogP contribution in [-0.2, 0) is 0 Å². The van der Waals surface area contributed by atoms with Gasteiger partial charge in [0.25, 0.3) is 5.91 Å². The standard InChI is InChI=1S/C18H16BrNO3/c1-3-20(4-2)18(22)11-8-9-12-15(10-11)23-17-13(16(12)21)6-5-7-14(17)19/h5-10H,3-4H2,1-2H3. The lowest BCUT2D eigenvalue weighted by Crippen LogP contribution is -2.30. The highest BCUT2D eigenvalue weighted by atomic mass is 79.9. The van der Waals surface area contributed by atoms with Gasteiger partial charge < -0.3 is 9.32 Å². The van der Waals surface area contributed by atoms with Crippen LogP contribution in [0.25, 0.3) is 21.9 Å². The Hall–Kier alpha value is -2.14. The number of nitrogens with zero attached hydrogens (tertiary/aromatic N) is 1. The van der Waals surface area contributed by atoms with E-state index >= 15 is 0 Å². The molecule has 0 aliphatic rings. The van der Waals surface area contributed by atoms with Crippen molar-refractivity contribution in [3.05, 3.63) is 56.7 Å². The van der Waals surface area contributed by atoms with E-state index in [9.17, 15) is 9.59 Å². The van der Waals surface area contributed by atoms with Gasteiger partial charge in [0.15, 0.2) is 5.58 Å². The smallest absolute Gasteiger partial charge is 0.253 e. The van der Waals surface area contributed by atoms with Crippen LogP contribution in [0.15, 0.2) is 50.1 Å². The number of carbonyl (C=O) groups excluding carboxylic acids is 1. The van der Waals surface area contributed by atoms with Crippen LogP contribution in [0.4, 0.5) is 0 Å². The molecule has 0 N–H and O–H groups in total. The molecule has 0 saturated heterocycles. The molecule has 0 spiro atoms. The number of amides is 1. The van der Waals surface area contributed by atoms with Crippen LogP contribution >= 0.6 is 15.9 Å². The van der Waals surface area contributed by atoms with Crippen molar-refractivity contribution in [3.8, 4) is 0 Å². The first kappa shape index (κ1) is 15.7. The van der Waals surface area contributed by atoms with Gasteiger partial charge in [-0.15, -0.1) is 0 Å². The molecule has 2 aromatic carbocycles. The topological polar surface area (TPSA) is 50.5 Å². The molecule has 0 aliphatic carbocycles. The second kappa shape index (κ2) is 6.16. The van der Waals surface area contributed by atoms with Gasteiger partial charge >= 0.3 is 0 Å². The predicted octanol–water partition coefficient (Wildman–Crippen LogP) is 4.19. The Kier molecular flexibility index (Phi) is 4.22. The van der Waals surface area contributed by atoms with Gasteiger partial charge in [0.2, 0.25) is 5.43 Å². The van der Waals surface area contributed by atoms with Gasteiger partial charge in [-0.05, 0) is 60.1 Å². The molecule has 0 radical (unpaired) electrons. The quantitative estimate of drug-likeness (QED) is 0.646. The van der Waals surface area contributed by atoms with E-state index in [2.05, 4.69) is 15.9 Å². The van der Waals surface area contributed by atoms with Gasteiger partial charge in [0.05, 0.1) is 15.2 Å². The summed E-state index contributed by atoms with van der Waals surface area (Å²) in [6.07, 6.45) is 0. The number of para-hydroxylation sites is 1. The Morgan fingerprint density at radius 2 is 1.87 bits per heavy atom. The Balaban J connectivity index is 2.24. The van der Waals surface area contributed by atoms with Crippen LogP contribution in [0, 0.1) is 0 Å². The molecule has 0 saturated carbocycles. The predicted molar refractivity (Wildman–Crippen MR) is 94.9 cm³/mol. The first-order valence-electron chi connectivity index (χ1n) is 7.51. The maximum Gasteiger partial charge on any atom is 0.253 e. The van der Waals surface area contributed by atoms with E-state index in [4.69, 9.17) is 4.42 Å². The van der Waals surface area contributed by atoms with E-state index in [1.54, 1.807) is 35.2 Å². The summed E-state index contributed by atoms with van der Waals surface area (Å²) in [5, 5.41) is 1.00. The van der Waals surface area contributed by atoms with E-state index in [0.29, 0.717) is 40.6 Å². The highest BCUT2D eigenvalue weighted by molar-refractivity contribution is 9.10. The normalized spacial score (nSPS) is 11.1. The maximum atomic E-state index is 12.6. The van der Waals surface area contributed by atoms with Crippen molar-refractivity contribution in [2.75, 3.05) is 13.1 Å². The molecule has 1 aromatic heterocycles. The maximum absolute atomic E-state index is 12.6. The van der Waals surface area contributed by atoms with E-state index < -0.39 is 0 Å². The molecule has 23 heavy (non-hydrogen) atoms. The summed E-state index contributed by atoms with van der Waals surface area (Å²) in [7, 11) is 0. The van der Waals surface area contributed by atoms with E-state index in [-0.39, 0.29) is 11.3 Å². The summed E-state index contributed by atoms with van der Waals surface area (Å²) in [5.74, 6) is -0.0632. The second-order valence-electron chi connectivity index (χ2n) is 5.24. The van der Waals surface area contributed by atoms with Crippen LogP contribution in [0.2, 0.25) is 0 Å². The number of carbonyl (C=O) groups is 1. The summed E-state index contributed by atoms with van der Waals surface area (Å²) in [6, 6.07) is 10.4. The molecular formula is C18H16BrNO3. The molecule has 118 valence electrons. The molecule has 4 nitrogen and oxygen atoms in total. The van der Waals surface area contributed by atoms with Gasteiger partial charge in [-0.2, -0.15) is 0 Å². The van der Waals surface area contributed by atoms with Crippen molar-refractivity contribution in [3.63, 3.8) is 0 Å². The average molecular weight is 374 g/mol. The number of hydrogen-bond acceptors (Lipinski definition) is 3. The molecule has 1 amide bonds. The number of rotatable bonds is 3. The van der Waals surface area contributed by atoms with Crippen LogP contribution in [-0.4, -0.2) is 23.9 Å². The molecule has 0 bridgehead atoms. The van der Waals surface area contributed by atoms with Crippen LogP contribution < -0.4 is 5.43 Å². The minimum atomic E-state index is -0.0932. The van der Waals surface area contributed by atoms with Gasteiger partial charge in [-0.1, -0.05) is 6.07 Å². The Labute approximate surface area is 141 Å². The minimum Gasteiger partial charge on any atom is -0.455 e. The van der Waals surface area contributed by atoms with Crippen molar-refractivity contribution in [1.29, 1.82) is 0 Å². The van der Waals surface area contributed by atoms with Crippen molar-refractivity contribution in [2.24, 2.45) is 0 Å². The first-order valence-corrected chi connectivity index (χ1v) is 8.30. The molecule has 1 heterocycles. The molecule has 3 rings (SSSR count). The summed E-state index contributed by atoms with van der Waals surface area (Å²) in [4.78, 5) is 26.8. The molecule has 5 heteroatoms. The number of fused-ring (bicyclic) bond motifs is 2. The number of hydrogen-bond donors (Lipinski definition) is 0. The molecular weight excluding hydrogens is 358 g/mol. The number of benzene rings is 2. The van der Waals surface area contributed by atoms with Gasteiger partial charge in [-0.25, -0.2) is 0 Å². The fourth-order valence-electron chi connectivity index (χ4n) is 2.67. The SMILES string of the molecule is CCN(CC)C(=O)c1ccc2c(=O)c3cccc(Br)c3oc2c1. The molecule has 0 aliphatic heterocycles. The first-order chi connectivity index (χ1) is 11.1. The van der Waals surface area contributed by atoms with Crippen LogP contribution in [0.3, 0.4) is 0 Å². The lowest BCUT2D eigenvalue weighted by Gasteiger charge is -2.18. The van der Waals surface area contributed by atoms with Crippen LogP contribution in [0.1, 0.15) is 24.2 Å². The summed E-state index contributed by atoms with van der Waals surface area (Å²) in [5.41, 5.74) is 1.35. The zero-order valence-electron chi connectivity index (χ0n) is 12.9. The number of halogens is 1. The van der Waals surface area contributed by atoms with Crippen molar-refractivity contribution in [1.82, 2.24) is 4.90 Å². The van der Waals surface area contributed by atoms with Gasteiger partial charge in [-0.3, -0.25) is 9.59 Å². The van der Waals surface area contributed by atoms with Gasteiger partial charge in [0.1, 0.15) is 5.58 Å². The highest BCUT2D eigenvalue weighted by Crippen LogP contribution is 2.26. The third-order valence-electron chi connectivity index (χ3n) is 3.95. The lowest BCUT2D eigenvalue weighted by molar-refractivity contribution is 0.0773. The fourth-order valence-corrected chi connectivity index (χ4v) is 3.11. The van der Waals surface area contributed by atoms with Crippen LogP contribution in [0.5, 0.6) is 0 Å². The molecule has 0 unspecified atom stereocenters. The Bertz CT molecular complexity index is 958. The Morgan fingerprint density at radius 1 is 1.13 bits per heavy atom. The minimum absolute atomic E-state index is 0.0632. The summed E-state index contributed by atoms with van der Waals surface area (Å²) < 4.78 is 6.60. The third-order valence-corrected chi connectivity index (χ3v) is 4.57. The van der Waals surface area contributed by atoms with E-state index in [1.807, 2.05) is 19.9 Å². The summed E-state index contributed by atoms with van der Waals surface area (Å²) in [6.45, 7) is 5.15. The largest absolute Gasteiger partial charge is 0.455 e. The lowest BCUT2D eigenvalue weighted by atomic mass is 10.1. The van der Waals surface area contributed by atoms with Crippen molar-refractivity contribution < 1.29 is 9.21 Å². The molecule has 3 aromatic rings. The monoisotopic (exact) mass is 373 g/mol. The Morgan fingerprint density at radius 3 is 2.57 bits per heavy atom. The zero-order chi connectivity index (χ0) is 16.6. The molecule has 0 fully saturated rings. The average Bonchev–Trinajstić information content (AvgIpc) is 2.56. The zero-order valence-corrected chi connectivity index (χ0v) is 14.5. The van der Waals surface area contributed by atoms with Crippen molar-refractivity contribution in [2.45, 2.75) is 13.8 Å². The second-order valence-corrected chi connectivity index (χ2v) is 6.09. The third kappa shape index (κ3) is 2.65. The summed E-state index contributed by atoms with van der Waals surface area (Å²) >= 11 is 3.40. The van der Waals surface area contributed by atoms with E-state index in [1.165, 1.54) is 0 Å². The van der Waals surface area contributed by atoms with Gasteiger partial charge in [0, 0.05) is 18.7 Å². The molecule has 0 atom stereocenters. The highest BCUT2D eigenvalue weighted by Gasteiger charge is 2.15. The fraction of sp³-hybridized carbons (Fsp3) is 0.222. The van der Waals surface area contributed by atoms with E-state index in [0.717, 1.165) is 4.47 Å².